The summed E-state index contributed by atoms with van der Waals surface area (Å²) in [5, 5.41) is 4.26. The predicted octanol–water partition coefficient (Wildman–Crippen LogP) is 4.50. The average molecular weight is 298 g/mol. The Labute approximate surface area is 129 Å². The molecule has 0 radical (unpaired) electrons. The van der Waals surface area contributed by atoms with Gasteiger partial charge in [0.25, 0.3) is 0 Å². The summed E-state index contributed by atoms with van der Waals surface area (Å²) in [6, 6.07) is 13.9. The van der Waals surface area contributed by atoms with Crippen LogP contribution in [-0.4, -0.2) is 16.5 Å². The minimum Gasteiger partial charge on any atom is -0.383 e. The van der Waals surface area contributed by atoms with Gasteiger partial charge in [0, 0.05) is 24.0 Å². The number of benzene rings is 2. The minimum absolute atomic E-state index is 0.311. The third-order valence-corrected chi connectivity index (χ3v) is 3.88. The summed E-state index contributed by atoms with van der Waals surface area (Å²) < 4.78 is 0. The van der Waals surface area contributed by atoms with Gasteiger partial charge in [-0.15, -0.1) is 0 Å². The van der Waals surface area contributed by atoms with E-state index in [-0.39, 0.29) is 0 Å². The van der Waals surface area contributed by atoms with E-state index in [0.29, 0.717) is 5.92 Å². The lowest BCUT2D eigenvalue weighted by molar-refractivity contribution is 0.805. The monoisotopic (exact) mass is 297 g/mol. The number of halogens is 1. The molecule has 0 aliphatic carbocycles. The van der Waals surface area contributed by atoms with Crippen LogP contribution < -0.4 is 5.32 Å². The lowest BCUT2D eigenvalue weighted by atomic mass is 10.0. The maximum Gasteiger partial charge on any atom is 0.112 e. The van der Waals surface area contributed by atoms with Crippen LogP contribution in [0.15, 0.2) is 54.9 Å². The van der Waals surface area contributed by atoms with Gasteiger partial charge in [0.2, 0.25) is 0 Å². The molecular weight excluding hydrogens is 282 g/mol. The number of fused-ring (bicyclic) bond motifs is 1. The SMILES string of the molecule is CC(CNc1cccc2nccnc12)c1ccccc1Cl. The van der Waals surface area contributed by atoms with Crippen molar-refractivity contribution in [2.24, 2.45) is 0 Å². The molecule has 1 unspecified atom stereocenters. The molecule has 3 rings (SSSR count). The normalized spacial score (nSPS) is 12.3. The Bertz CT molecular complexity index is 752. The minimum atomic E-state index is 0.311. The fraction of sp³-hybridized carbons (Fsp3) is 0.176. The Morgan fingerprint density at radius 3 is 2.71 bits per heavy atom. The first kappa shape index (κ1) is 13.8. The molecular formula is C17H16ClN3. The number of hydrogen-bond acceptors (Lipinski definition) is 3. The summed E-state index contributed by atoms with van der Waals surface area (Å²) in [7, 11) is 0. The zero-order chi connectivity index (χ0) is 14.7. The second-order valence-corrected chi connectivity index (χ2v) is 5.44. The summed E-state index contributed by atoms with van der Waals surface area (Å²) in [5.74, 6) is 0.311. The van der Waals surface area contributed by atoms with Crippen molar-refractivity contribution in [3.8, 4) is 0 Å². The zero-order valence-corrected chi connectivity index (χ0v) is 12.5. The molecule has 0 saturated heterocycles. The van der Waals surface area contributed by atoms with Gasteiger partial charge < -0.3 is 5.32 Å². The topological polar surface area (TPSA) is 37.8 Å². The highest BCUT2D eigenvalue weighted by Gasteiger charge is 2.10. The van der Waals surface area contributed by atoms with Crippen LogP contribution in [0.3, 0.4) is 0 Å². The third-order valence-electron chi connectivity index (χ3n) is 3.53. The summed E-state index contributed by atoms with van der Waals surface area (Å²) in [5.41, 5.74) is 3.94. The summed E-state index contributed by atoms with van der Waals surface area (Å²) in [6.07, 6.45) is 3.42. The Hall–Kier alpha value is -2.13. The fourth-order valence-electron chi connectivity index (χ4n) is 2.38. The van der Waals surface area contributed by atoms with E-state index >= 15 is 0 Å². The van der Waals surface area contributed by atoms with Crippen molar-refractivity contribution in [2.45, 2.75) is 12.8 Å². The number of rotatable bonds is 4. The highest BCUT2D eigenvalue weighted by Crippen LogP contribution is 2.25. The van der Waals surface area contributed by atoms with Crippen molar-refractivity contribution >= 4 is 28.3 Å². The predicted molar refractivity (Wildman–Crippen MR) is 87.9 cm³/mol. The van der Waals surface area contributed by atoms with Gasteiger partial charge in [0.1, 0.15) is 5.52 Å². The third kappa shape index (κ3) is 2.98. The Morgan fingerprint density at radius 2 is 1.86 bits per heavy atom. The molecule has 0 saturated carbocycles. The number of hydrogen-bond donors (Lipinski definition) is 1. The molecule has 106 valence electrons. The van der Waals surface area contributed by atoms with Crippen molar-refractivity contribution < 1.29 is 0 Å². The van der Waals surface area contributed by atoms with E-state index in [0.717, 1.165) is 33.9 Å². The van der Waals surface area contributed by atoms with Crippen LogP contribution in [0.2, 0.25) is 5.02 Å². The van der Waals surface area contributed by atoms with Gasteiger partial charge in [-0.05, 0) is 29.7 Å². The molecule has 0 aliphatic rings. The second kappa shape index (κ2) is 6.10. The Kier molecular flexibility index (Phi) is 4.02. The summed E-state index contributed by atoms with van der Waals surface area (Å²) in [6.45, 7) is 2.95. The lowest BCUT2D eigenvalue weighted by Gasteiger charge is -2.16. The van der Waals surface area contributed by atoms with E-state index in [2.05, 4.69) is 28.3 Å². The Morgan fingerprint density at radius 1 is 1.05 bits per heavy atom. The molecule has 3 aromatic rings. The van der Waals surface area contributed by atoms with Crippen LogP contribution in [0.4, 0.5) is 5.69 Å². The van der Waals surface area contributed by atoms with Crippen LogP contribution in [0, 0.1) is 0 Å². The first-order chi connectivity index (χ1) is 10.3. The van der Waals surface area contributed by atoms with Gasteiger partial charge in [-0.2, -0.15) is 0 Å². The first-order valence-electron chi connectivity index (χ1n) is 6.94. The summed E-state index contributed by atoms with van der Waals surface area (Å²) in [4.78, 5) is 8.72. The number of aromatic nitrogens is 2. The Balaban J connectivity index is 1.79. The molecule has 1 atom stereocenters. The fourth-order valence-corrected chi connectivity index (χ4v) is 2.71. The molecule has 1 N–H and O–H groups in total. The van der Waals surface area contributed by atoms with E-state index in [1.807, 2.05) is 36.4 Å². The largest absolute Gasteiger partial charge is 0.383 e. The number of anilines is 1. The molecule has 0 aliphatic heterocycles. The molecule has 0 spiro atoms. The highest BCUT2D eigenvalue weighted by atomic mass is 35.5. The molecule has 3 nitrogen and oxygen atoms in total. The van der Waals surface area contributed by atoms with Gasteiger partial charge in [0.15, 0.2) is 0 Å². The van der Waals surface area contributed by atoms with Crippen molar-refractivity contribution in [3.05, 3.63) is 65.4 Å². The van der Waals surface area contributed by atoms with Gasteiger partial charge >= 0.3 is 0 Å². The van der Waals surface area contributed by atoms with Gasteiger partial charge in [-0.25, -0.2) is 0 Å². The van der Waals surface area contributed by atoms with Gasteiger partial charge in [0.05, 0.1) is 11.2 Å². The van der Waals surface area contributed by atoms with Crippen LogP contribution in [0.25, 0.3) is 11.0 Å². The zero-order valence-electron chi connectivity index (χ0n) is 11.8. The van der Waals surface area contributed by atoms with Crippen LogP contribution in [0.1, 0.15) is 18.4 Å². The summed E-state index contributed by atoms with van der Waals surface area (Å²) >= 11 is 6.25. The van der Waals surface area contributed by atoms with Crippen LogP contribution >= 0.6 is 11.6 Å². The maximum absolute atomic E-state index is 6.25. The van der Waals surface area contributed by atoms with Gasteiger partial charge in [-0.3, -0.25) is 9.97 Å². The van der Waals surface area contributed by atoms with E-state index in [9.17, 15) is 0 Å². The van der Waals surface area contributed by atoms with Crippen molar-refractivity contribution in [1.82, 2.24) is 9.97 Å². The molecule has 1 heterocycles. The maximum atomic E-state index is 6.25. The van der Waals surface area contributed by atoms with Crippen molar-refractivity contribution in [2.75, 3.05) is 11.9 Å². The van der Waals surface area contributed by atoms with Crippen LogP contribution in [-0.2, 0) is 0 Å². The second-order valence-electron chi connectivity index (χ2n) is 5.03. The van der Waals surface area contributed by atoms with Crippen molar-refractivity contribution in [1.29, 1.82) is 0 Å². The smallest absolute Gasteiger partial charge is 0.112 e. The number of para-hydroxylation sites is 1. The van der Waals surface area contributed by atoms with E-state index in [4.69, 9.17) is 11.6 Å². The lowest BCUT2D eigenvalue weighted by Crippen LogP contribution is -2.10. The average Bonchev–Trinajstić information content (AvgIpc) is 2.53. The standard InChI is InChI=1S/C17H16ClN3/c1-12(13-5-2-3-6-14(13)18)11-21-16-8-4-7-15-17(16)20-10-9-19-15/h2-10,12,21H,11H2,1H3. The van der Waals surface area contributed by atoms with E-state index in [1.54, 1.807) is 12.4 Å². The highest BCUT2D eigenvalue weighted by molar-refractivity contribution is 6.31. The van der Waals surface area contributed by atoms with E-state index in [1.165, 1.54) is 0 Å². The van der Waals surface area contributed by atoms with Crippen molar-refractivity contribution in [3.63, 3.8) is 0 Å². The molecule has 1 aromatic heterocycles. The molecule has 0 bridgehead atoms. The van der Waals surface area contributed by atoms with Gasteiger partial charge in [-0.1, -0.05) is 42.8 Å². The van der Waals surface area contributed by atoms with Crippen LogP contribution in [0.5, 0.6) is 0 Å². The molecule has 0 fully saturated rings. The molecule has 2 aromatic carbocycles. The van der Waals surface area contributed by atoms with E-state index < -0.39 is 0 Å². The quantitative estimate of drug-likeness (QED) is 0.770. The first-order valence-corrected chi connectivity index (χ1v) is 7.31. The number of nitrogens with zero attached hydrogens (tertiary/aromatic N) is 2. The number of nitrogens with one attached hydrogen (secondary N) is 1. The molecule has 21 heavy (non-hydrogen) atoms. The molecule has 0 amide bonds. The molecule has 4 heteroatoms.